The highest BCUT2D eigenvalue weighted by molar-refractivity contribution is 5.98. The minimum Gasteiger partial charge on any atom is -0.508 e. The van der Waals surface area contributed by atoms with Crippen molar-refractivity contribution in [2.75, 3.05) is 26.3 Å². The molecule has 1 aliphatic heterocycles. The maximum atomic E-state index is 13.9. The highest BCUT2D eigenvalue weighted by atomic mass is 16.3. The summed E-state index contributed by atoms with van der Waals surface area (Å²) < 4.78 is 0. The molecule has 9 amide bonds. The summed E-state index contributed by atoms with van der Waals surface area (Å²) >= 11 is 0. The lowest BCUT2D eigenvalue weighted by Crippen LogP contribution is -2.61. The van der Waals surface area contributed by atoms with Crippen molar-refractivity contribution in [3.63, 3.8) is 0 Å². The summed E-state index contributed by atoms with van der Waals surface area (Å²) in [5.41, 5.74) is 13.0. The van der Waals surface area contributed by atoms with E-state index in [1.165, 1.54) is 41.7 Å². The molecule has 15 N–H and O–H groups in total. The van der Waals surface area contributed by atoms with Crippen molar-refractivity contribution < 1.29 is 58.5 Å². The van der Waals surface area contributed by atoms with Crippen LogP contribution in [0.15, 0.2) is 67.1 Å². The van der Waals surface area contributed by atoms with Gasteiger partial charge in [-0.25, -0.2) is 4.98 Å². The topological polar surface area (TPSA) is 382 Å². The smallest absolute Gasteiger partial charge is 0.245 e. The van der Waals surface area contributed by atoms with Crippen LogP contribution in [0.1, 0.15) is 57.4 Å². The van der Waals surface area contributed by atoms with Crippen LogP contribution in [0.25, 0.3) is 0 Å². The first-order chi connectivity index (χ1) is 33.7. The van der Waals surface area contributed by atoms with Crippen molar-refractivity contribution in [2.45, 2.75) is 108 Å². The van der Waals surface area contributed by atoms with E-state index < -0.39 is 127 Å². The zero-order valence-corrected chi connectivity index (χ0v) is 40.1. The van der Waals surface area contributed by atoms with Crippen molar-refractivity contribution in [1.82, 2.24) is 52.1 Å². The maximum absolute atomic E-state index is 13.9. The Bertz CT molecular complexity index is 2300. The van der Waals surface area contributed by atoms with E-state index in [4.69, 9.17) is 11.5 Å². The van der Waals surface area contributed by atoms with Gasteiger partial charge in [-0.2, -0.15) is 0 Å². The van der Waals surface area contributed by atoms with Gasteiger partial charge >= 0.3 is 0 Å². The van der Waals surface area contributed by atoms with Gasteiger partial charge in [0.15, 0.2) is 0 Å². The maximum Gasteiger partial charge on any atom is 0.245 e. The molecular weight excluding hydrogens is 925 g/mol. The average Bonchev–Trinajstić information content (AvgIpc) is 4.06. The number of aromatic hydroxyl groups is 1. The summed E-state index contributed by atoms with van der Waals surface area (Å²) in [4.78, 5) is 129. The predicted molar refractivity (Wildman–Crippen MR) is 255 cm³/mol. The molecule has 0 bridgehead atoms. The Kier molecular flexibility index (Phi) is 21.4. The third-order valence-electron chi connectivity index (χ3n) is 11.7. The number of aromatic amines is 1. The van der Waals surface area contributed by atoms with Crippen molar-refractivity contribution in [1.29, 1.82) is 0 Å². The van der Waals surface area contributed by atoms with Crippen LogP contribution in [0.4, 0.5) is 0 Å². The Morgan fingerprint density at radius 3 is 1.70 bits per heavy atom. The van der Waals surface area contributed by atoms with Crippen LogP contribution in [-0.2, 0) is 62.4 Å². The second kappa shape index (κ2) is 27.1. The number of amides is 9. The standard InChI is InChI=1S/C47H66N12O12/c1-25(2)38(48)47(71)59-16-8-11-36(59)46(70)51-21-37(63)53-31(18-28-12-14-30(62)15-13-28)41(65)56-35(23-61)45(69)55-33(19-29-20-50-24-52-29)42(66)57-34(22-60)44(68)54-32(17-27-9-6-5-7-10-27)43(67)58-39(26(3)4)40(49)64/h5-7,9-10,12-15,20,24-26,31-36,38-39,60-62H,8,11,16-19,21-23,48H2,1-4H3,(H2,49,64)(H,50,52)(H,51,70)(H,53,63)(H,54,68)(H,55,69)(H,56,65)(H,57,66)(H,58,67)/t31-,32-,33-,34-,35-,36-,38-,39-/m0/s1. The summed E-state index contributed by atoms with van der Waals surface area (Å²) in [5, 5.41) is 47.8. The van der Waals surface area contributed by atoms with E-state index in [0.717, 1.165) is 0 Å². The third-order valence-corrected chi connectivity index (χ3v) is 11.7. The van der Waals surface area contributed by atoms with E-state index in [0.29, 0.717) is 36.2 Å². The Morgan fingerprint density at radius 2 is 1.20 bits per heavy atom. The fourth-order valence-corrected chi connectivity index (χ4v) is 7.57. The molecule has 0 aliphatic carbocycles. The van der Waals surface area contributed by atoms with Crippen LogP contribution in [0.3, 0.4) is 0 Å². The van der Waals surface area contributed by atoms with E-state index in [9.17, 15) is 58.5 Å². The number of benzene rings is 2. The number of H-pyrrole nitrogens is 1. The highest BCUT2D eigenvalue weighted by Crippen LogP contribution is 2.20. The van der Waals surface area contributed by atoms with E-state index >= 15 is 0 Å². The van der Waals surface area contributed by atoms with Crippen LogP contribution in [0.5, 0.6) is 5.75 Å². The van der Waals surface area contributed by atoms with Gasteiger partial charge in [0, 0.05) is 37.7 Å². The molecular formula is C47H66N12O12. The Hall–Kier alpha value is -7.44. The number of phenolic OH excluding ortho intramolecular Hbond substituents is 1. The zero-order valence-electron chi connectivity index (χ0n) is 40.1. The largest absolute Gasteiger partial charge is 0.508 e. The lowest BCUT2D eigenvalue weighted by atomic mass is 10.0. The monoisotopic (exact) mass is 990 g/mol. The molecule has 24 heteroatoms. The van der Waals surface area contributed by atoms with E-state index in [-0.39, 0.29) is 30.9 Å². The normalized spacial score (nSPS) is 16.3. The van der Waals surface area contributed by atoms with Gasteiger partial charge < -0.3 is 73.9 Å². The molecule has 0 unspecified atom stereocenters. The molecule has 71 heavy (non-hydrogen) atoms. The molecule has 2 aromatic carbocycles. The molecule has 1 saturated heterocycles. The first kappa shape index (κ1) is 56.2. The second-order valence-corrected chi connectivity index (χ2v) is 17.9. The highest BCUT2D eigenvalue weighted by Gasteiger charge is 2.38. The zero-order chi connectivity index (χ0) is 52.4. The van der Waals surface area contributed by atoms with E-state index in [2.05, 4.69) is 47.2 Å². The summed E-state index contributed by atoms with van der Waals surface area (Å²) in [6.07, 6.45) is 3.00. The van der Waals surface area contributed by atoms with Gasteiger partial charge in [-0.15, -0.1) is 0 Å². The van der Waals surface area contributed by atoms with Crippen molar-refractivity contribution in [2.24, 2.45) is 23.3 Å². The number of nitrogens with two attached hydrogens (primary N) is 2. The van der Waals surface area contributed by atoms with Gasteiger partial charge in [0.05, 0.1) is 32.1 Å². The van der Waals surface area contributed by atoms with Crippen LogP contribution in [-0.4, -0.2) is 158 Å². The molecule has 1 fully saturated rings. The molecule has 0 spiro atoms. The number of likely N-dealkylation sites (tertiary alicyclic amines) is 1. The lowest BCUT2D eigenvalue weighted by molar-refractivity contribution is -0.140. The van der Waals surface area contributed by atoms with Crippen molar-refractivity contribution in [3.05, 3.63) is 83.9 Å². The molecule has 2 heterocycles. The minimum atomic E-state index is -1.74. The summed E-state index contributed by atoms with van der Waals surface area (Å²) in [5.74, 6) is -8.15. The molecule has 24 nitrogen and oxygen atoms in total. The molecule has 1 aliphatic rings. The number of aromatic nitrogens is 2. The molecule has 3 aromatic rings. The quantitative estimate of drug-likeness (QED) is 0.0368. The van der Waals surface area contributed by atoms with Crippen molar-refractivity contribution in [3.8, 4) is 5.75 Å². The number of aliphatic hydroxyl groups excluding tert-OH is 2. The number of primary amides is 1. The van der Waals surface area contributed by atoms with Gasteiger partial charge in [-0.05, 0) is 47.9 Å². The Labute approximate surface area is 410 Å². The Balaban J connectivity index is 1.48. The number of carbonyl (C=O) groups excluding carboxylic acids is 9. The number of rotatable bonds is 26. The number of phenols is 1. The number of nitrogens with one attached hydrogen (secondary N) is 8. The number of carbonyl (C=O) groups is 9. The number of hydrogen-bond acceptors (Lipinski definition) is 14. The third kappa shape index (κ3) is 16.9. The van der Waals surface area contributed by atoms with Gasteiger partial charge in [0.2, 0.25) is 53.2 Å². The molecule has 8 atom stereocenters. The average molecular weight is 991 g/mol. The van der Waals surface area contributed by atoms with E-state index in [1.54, 1.807) is 58.0 Å². The number of nitrogens with zero attached hydrogens (tertiary/aromatic N) is 2. The number of aliphatic hydroxyl groups is 2. The SMILES string of the molecule is CC(C)[C@H](N)C(=O)N1CCC[C@H]1C(=O)NCC(=O)N[C@@H](Cc1ccc(O)cc1)C(=O)N[C@@H](CO)C(=O)N[C@@H](Cc1cnc[nH]1)C(=O)N[C@@H](CO)C(=O)N[C@@H](Cc1ccccc1)C(=O)N[C@H](C(N)=O)C(C)C. The molecule has 1 aromatic heterocycles. The fourth-order valence-electron chi connectivity index (χ4n) is 7.57. The Morgan fingerprint density at radius 1 is 0.690 bits per heavy atom. The van der Waals surface area contributed by atoms with E-state index in [1.807, 2.05) is 0 Å². The minimum absolute atomic E-state index is 0.0615. The van der Waals surface area contributed by atoms with Gasteiger partial charge in [0.25, 0.3) is 0 Å². The first-order valence-electron chi connectivity index (χ1n) is 23.2. The van der Waals surface area contributed by atoms with Crippen LogP contribution >= 0.6 is 0 Å². The van der Waals surface area contributed by atoms with Crippen LogP contribution in [0.2, 0.25) is 0 Å². The lowest BCUT2D eigenvalue weighted by Gasteiger charge is -2.28. The summed E-state index contributed by atoms with van der Waals surface area (Å²) in [6, 6.07) is 3.71. The van der Waals surface area contributed by atoms with Gasteiger partial charge in [0.1, 0.15) is 48.0 Å². The molecule has 4 rings (SSSR count). The summed E-state index contributed by atoms with van der Waals surface area (Å²) in [7, 11) is 0. The fraction of sp³-hybridized carbons (Fsp3) is 0.489. The van der Waals surface area contributed by atoms with Gasteiger partial charge in [-0.1, -0.05) is 70.2 Å². The van der Waals surface area contributed by atoms with Gasteiger partial charge in [-0.3, -0.25) is 43.2 Å². The molecule has 0 saturated carbocycles. The molecule has 0 radical (unpaired) electrons. The van der Waals surface area contributed by atoms with Crippen LogP contribution in [0, 0.1) is 11.8 Å². The second-order valence-electron chi connectivity index (χ2n) is 17.9. The summed E-state index contributed by atoms with van der Waals surface area (Å²) in [6.45, 7) is 4.61. The predicted octanol–water partition coefficient (Wildman–Crippen LogP) is -3.73. The molecule has 386 valence electrons. The van der Waals surface area contributed by atoms with Crippen LogP contribution < -0.4 is 48.7 Å². The first-order valence-corrected chi connectivity index (χ1v) is 23.2. The number of imidazole rings is 1. The number of hydrogen-bond donors (Lipinski definition) is 13. The van der Waals surface area contributed by atoms with Crippen molar-refractivity contribution >= 4 is 53.2 Å².